The predicted octanol–water partition coefficient (Wildman–Crippen LogP) is 0.495. The minimum Gasteiger partial charge on any atom is -0.479 e. The van der Waals surface area contributed by atoms with Crippen LogP contribution in [-0.4, -0.2) is 58.8 Å². The molecule has 0 aromatic rings. The standard InChI is InChI=1S/C13H22O7/c1-11(2)17-6-8(18-11)5-9-13(7-14,10(15)16)20-12(3,4)19-9/h8-9,14H,5-7H2,1-4H3,(H,15,16)/t8?,9?,13-/m0/s1. The maximum absolute atomic E-state index is 11.5. The van der Waals surface area contributed by atoms with Gasteiger partial charge in [0.05, 0.1) is 19.3 Å². The molecule has 2 fully saturated rings. The Bertz CT molecular complexity index is 392. The number of carbonyl (C=O) groups is 1. The number of hydrogen-bond acceptors (Lipinski definition) is 6. The molecule has 7 nitrogen and oxygen atoms in total. The summed E-state index contributed by atoms with van der Waals surface area (Å²) in [5.74, 6) is -3.00. The molecule has 116 valence electrons. The van der Waals surface area contributed by atoms with E-state index in [1.807, 2.05) is 0 Å². The highest BCUT2D eigenvalue weighted by atomic mass is 16.8. The van der Waals surface area contributed by atoms with Gasteiger partial charge in [0.25, 0.3) is 0 Å². The number of carboxylic acid groups (broad SMARTS) is 1. The monoisotopic (exact) mass is 290 g/mol. The Labute approximate surface area is 117 Å². The molecule has 0 saturated carbocycles. The van der Waals surface area contributed by atoms with Crippen LogP contribution in [0.5, 0.6) is 0 Å². The van der Waals surface area contributed by atoms with Gasteiger partial charge in [-0.25, -0.2) is 4.79 Å². The second-order valence-corrected chi connectivity index (χ2v) is 6.15. The Morgan fingerprint density at radius 3 is 2.30 bits per heavy atom. The van der Waals surface area contributed by atoms with Crippen LogP contribution in [0.25, 0.3) is 0 Å². The van der Waals surface area contributed by atoms with Crippen LogP contribution >= 0.6 is 0 Å². The van der Waals surface area contributed by atoms with Crippen molar-refractivity contribution in [1.82, 2.24) is 0 Å². The van der Waals surface area contributed by atoms with Crippen LogP contribution in [0.4, 0.5) is 0 Å². The molecule has 2 rings (SSSR count). The summed E-state index contributed by atoms with van der Waals surface area (Å²) in [4.78, 5) is 11.5. The van der Waals surface area contributed by atoms with E-state index in [0.29, 0.717) is 6.61 Å². The highest BCUT2D eigenvalue weighted by molar-refractivity contribution is 5.79. The minimum atomic E-state index is -1.76. The Morgan fingerprint density at radius 1 is 1.20 bits per heavy atom. The van der Waals surface area contributed by atoms with Gasteiger partial charge in [-0.2, -0.15) is 0 Å². The maximum atomic E-state index is 11.5. The van der Waals surface area contributed by atoms with Crippen molar-refractivity contribution in [1.29, 1.82) is 0 Å². The van der Waals surface area contributed by atoms with Gasteiger partial charge in [-0.05, 0) is 27.7 Å². The number of aliphatic carboxylic acids is 1. The van der Waals surface area contributed by atoms with E-state index in [1.165, 1.54) is 0 Å². The molecule has 2 heterocycles. The fraction of sp³-hybridized carbons (Fsp3) is 0.923. The zero-order valence-corrected chi connectivity index (χ0v) is 12.2. The van der Waals surface area contributed by atoms with Crippen LogP contribution in [0.2, 0.25) is 0 Å². The lowest BCUT2D eigenvalue weighted by atomic mass is 9.93. The summed E-state index contributed by atoms with van der Waals surface area (Å²) in [5.41, 5.74) is -1.76. The van der Waals surface area contributed by atoms with Gasteiger partial charge in [0.1, 0.15) is 6.10 Å². The van der Waals surface area contributed by atoms with Gasteiger partial charge in [-0.3, -0.25) is 0 Å². The van der Waals surface area contributed by atoms with Gasteiger partial charge in [0, 0.05) is 6.42 Å². The molecule has 2 saturated heterocycles. The lowest BCUT2D eigenvalue weighted by Gasteiger charge is -2.27. The molecule has 2 N–H and O–H groups in total. The molecule has 2 aliphatic heterocycles. The summed E-state index contributed by atoms with van der Waals surface area (Å²) in [6, 6.07) is 0. The molecular formula is C13H22O7. The Kier molecular flexibility index (Phi) is 3.85. The van der Waals surface area contributed by atoms with E-state index in [2.05, 4.69) is 0 Å². The largest absolute Gasteiger partial charge is 0.479 e. The lowest BCUT2D eigenvalue weighted by molar-refractivity contribution is -0.191. The van der Waals surface area contributed by atoms with Crippen molar-refractivity contribution in [3.05, 3.63) is 0 Å². The molecule has 0 aliphatic carbocycles. The highest BCUT2D eigenvalue weighted by Crippen LogP contribution is 2.40. The molecule has 0 bridgehead atoms. The van der Waals surface area contributed by atoms with E-state index in [-0.39, 0.29) is 12.5 Å². The van der Waals surface area contributed by atoms with E-state index >= 15 is 0 Å². The fourth-order valence-electron chi connectivity index (χ4n) is 2.71. The first-order valence-corrected chi connectivity index (χ1v) is 6.64. The molecule has 3 atom stereocenters. The minimum absolute atomic E-state index is 0.277. The van der Waals surface area contributed by atoms with Crippen molar-refractivity contribution in [2.45, 2.75) is 63.5 Å². The molecule has 20 heavy (non-hydrogen) atoms. The zero-order chi connectivity index (χ0) is 15.2. The zero-order valence-electron chi connectivity index (χ0n) is 12.2. The third-order valence-corrected chi connectivity index (χ3v) is 3.52. The predicted molar refractivity (Wildman–Crippen MR) is 67.0 cm³/mol. The summed E-state index contributed by atoms with van der Waals surface area (Å²) in [5, 5.41) is 18.9. The second kappa shape index (κ2) is 4.92. The molecule has 0 amide bonds. The number of rotatable bonds is 4. The number of ether oxygens (including phenoxy) is 4. The van der Waals surface area contributed by atoms with Crippen LogP contribution in [0.15, 0.2) is 0 Å². The van der Waals surface area contributed by atoms with Gasteiger partial charge in [-0.1, -0.05) is 0 Å². The smallest absolute Gasteiger partial charge is 0.341 e. The quantitative estimate of drug-likeness (QED) is 0.778. The number of aliphatic hydroxyl groups is 1. The topological polar surface area (TPSA) is 94.5 Å². The molecule has 7 heteroatoms. The molecule has 0 aromatic carbocycles. The lowest BCUT2D eigenvalue weighted by Crippen LogP contribution is -2.52. The molecule has 2 unspecified atom stereocenters. The van der Waals surface area contributed by atoms with Gasteiger partial charge >= 0.3 is 5.97 Å². The summed E-state index contributed by atoms with van der Waals surface area (Å²) < 4.78 is 22.2. The average Bonchev–Trinajstić information content (AvgIpc) is 2.76. The maximum Gasteiger partial charge on any atom is 0.341 e. The number of carboxylic acids is 1. The third-order valence-electron chi connectivity index (χ3n) is 3.52. The first-order chi connectivity index (χ1) is 9.10. The molecule has 0 aromatic heterocycles. The van der Waals surface area contributed by atoms with Crippen molar-refractivity contribution in [3.63, 3.8) is 0 Å². The Balaban J connectivity index is 2.14. The summed E-state index contributed by atoms with van der Waals surface area (Å²) in [7, 11) is 0. The Morgan fingerprint density at radius 2 is 1.85 bits per heavy atom. The van der Waals surface area contributed by atoms with Gasteiger partial charge < -0.3 is 29.2 Å². The van der Waals surface area contributed by atoms with Crippen LogP contribution in [0.3, 0.4) is 0 Å². The summed E-state index contributed by atoms with van der Waals surface area (Å²) in [6.45, 7) is 6.52. The van der Waals surface area contributed by atoms with Crippen LogP contribution in [0, 0.1) is 0 Å². The Hall–Kier alpha value is -0.730. The molecule has 0 spiro atoms. The van der Waals surface area contributed by atoms with Crippen molar-refractivity contribution < 1.29 is 34.0 Å². The molecule has 0 radical (unpaired) electrons. The van der Waals surface area contributed by atoms with E-state index in [4.69, 9.17) is 18.9 Å². The SMILES string of the molecule is CC1(C)OCC(CC2OC(C)(C)O[C@]2(CO)C(=O)O)O1. The van der Waals surface area contributed by atoms with Crippen molar-refractivity contribution in [3.8, 4) is 0 Å². The highest BCUT2D eigenvalue weighted by Gasteiger charge is 2.59. The normalized spacial score (nSPS) is 39.0. The summed E-state index contributed by atoms with van der Waals surface area (Å²) in [6.07, 6.45) is -0.819. The molecular weight excluding hydrogens is 268 g/mol. The van der Waals surface area contributed by atoms with E-state index in [9.17, 15) is 15.0 Å². The van der Waals surface area contributed by atoms with E-state index in [1.54, 1.807) is 27.7 Å². The number of aliphatic hydroxyl groups excluding tert-OH is 1. The van der Waals surface area contributed by atoms with Crippen LogP contribution in [-0.2, 0) is 23.7 Å². The van der Waals surface area contributed by atoms with Crippen LogP contribution in [0.1, 0.15) is 34.1 Å². The van der Waals surface area contributed by atoms with Gasteiger partial charge in [-0.15, -0.1) is 0 Å². The average molecular weight is 290 g/mol. The third kappa shape index (κ3) is 2.82. The van der Waals surface area contributed by atoms with Crippen molar-refractivity contribution in [2.75, 3.05) is 13.2 Å². The van der Waals surface area contributed by atoms with Crippen molar-refractivity contribution in [2.24, 2.45) is 0 Å². The van der Waals surface area contributed by atoms with Crippen molar-refractivity contribution >= 4 is 5.97 Å². The van der Waals surface area contributed by atoms with Gasteiger partial charge in [0.2, 0.25) is 5.60 Å². The molecule has 2 aliphatic rings. The van der Waals surface area contributed by atoms with Crippen LogP contribution < -0.4 is 0 Å². The summed E-state index contributed by atoms with van der Waals surface area (Å²) >= 11 is 0. The van der Waals surface area contributed by atoms with Gasteiger partial charge in [0.15, 0.2) is 11.6 Å². The fourth-order valence-corrected chi connectivity index (χ4v) is 2.71. The van der Waals surface area contributed by atoms with E-state index in [0.717, 1.165) is 0 Å². The first-order valence-electron chi connectivity index (χ1n) is 6.64. The number of hydrogen-bond donors (Lipinski definition) is 2. The van der Waals surface area contributed by atoms with E-state index < -0.39 is 35.9 Å². The second-order valence-electron chi connectivity index (χ2n) is 6.15. The first kappa shape index (κ1) is 15.7.